The second-order valence-electron chi connectivity index (χ2n) is 5.56. The number of benzene rings is 1. The van der Waals surface area contributed by atoms with E-state index in [1.807, 2.05) is 30.3 Å². The topological polar surface area (TPSA) is 84.7 Å². The molecule has 0 unspecified atom stereocenters. The van der Waals surface area contributed by atoms with Crippen molar-refractivity contribution in [3.63, 3.8) is 0 Å². The molecule has 2 rings (SSSR count). The minimum atomic E-state index is -0.542. The van der Waals surface area contributed by atoms with E-state index >= 15 is 0 Å². The standard InChI is InChI=1S/C16H23N3O3/c1-12(17)15(20)18-10-14-8-5-9-19(14)16(21)22-11-13-6-3-2-4-7-13/h2-4,6-7,12,14H,5,8-11,17H2,1H3,(H,18,20)/t12-,14-/m0/s1. The Morgan fingerprint density at radius 3 is 2.82 bits per heavy atom. The fourth-order valence-corrected chi connectivity index (χ4v) is 2.47. The van der Waals surface area contributed by atoms with Crippen LogP contribution < -0.4 is 11.1 Å². The van der Waals surface area contributed by atoms with Gasteiger partial charge in [0.05, 0.1) is 12.1 Å². The van der Waals surface area contributed by atoms with Crippen LogP contribution in [-0.4, -0.2) is 42.1 Å². The Bertz CT molecular complexity index is 505. The van der Waals surface area contributed by atoms with Gasteiger partial charge in [-0.3, -0.25) is 4.79 Å². The van der Waals surface area contributed by atoms with Crippen molar-refractivity contribution in [1.29, 1.82) is 0 Å². The van der Waals surface area contributed by atoms with Gasteiger partial charge in [0.15, 0.2) is 0 Å². The van der Waals surface area contributed by atoms with Crippen LogP contribution in [0.25, 0.3) is 0 Å². The molecule has 3 N–H and O–H groups in total. The van der Waals surface area contributed by atoms with E-state index in [-0.39, 0.29) is 24.6 Å². The van der Waals surface area contributed by atoms with Crippen molar-refractivity contribution < 1.29 is 14.3 Å². The second-order valence-corrected chi connectivity index (χ2v) is 5.56. The maximum absolute atomic E-state index is 12.2. The zero-order valence-corrected chi connectivity index (χ0v) is 12.8. The van der Waals surface area contributed by atoms with Crippen molar-refractivity contribution in [3.05, 3.63) is 35.9 Å². The molecule has 6 heteroatoms. The first-order valence-electron chi connectivity index (χ1n) is 7.58. The zero-order valence-electron chi connectivity index (χ0n) is 12.8. The average molecular weight is 305 g/mol. The van der Waals surface area contributed by atoms with Crippen LogP contribution in [0.2, 0.25) is 0 Å². The SMILES string of the molecule is C[C@H](N)C(=O)NC[C@@H]1CCCN1C(=O)OCc1ccccc1. The molecule has 1 aromatic carbocycles. The van der Waals surface area contributed by atoms with Crippen molar-refractivity contribution in [3.8, 4) is 0 Å². The van der Waals surface area contributed by atoms with E-state index in [0.29, 0.717) is 13.1 Å². The van der Waals surface area contributed by atoms with Gasteiger partial charge in [0, 0.05) is 13.1 Å². The maximum atomic E-state index is 12.2. The predicted molar refractivity (Wildman–Crippen MR) is 83.0 cm³/mol. The van der Waals surface area contributed by atoms with Crippen LogP contribution in [-0.2, 0) is 16.1 Å². The van der Waals surface area contributed by atoms with Crippen molar-refractivity contribution >= 4 is 12.0 Å². The highest BCUT2D eigenvalue weighted by Crippen LogP contribution is 2.18. The molecule has 0 radical (unpaired) electrons. The third kappa shape index (κ3) is 4.46. The number of hydrogen-bond acceptors (Lipinski definition) is 4. The summed E-state index contributed by atoms with van der Waals surface area (Å²) in [5, 5.41) is 2.77. The number of likely N-dealkylation sites (tertiary alicyclic amines) is 1. The number of carbonyl (C=O) groups excluding carboxylic acids is 2. The van der Waals surface area contributed by atoms with E-state index < -0.39 is 6.04 Å². The molecule has 2 atom stereocenters. The van der Waals surface area contributed by atoms with Crippen LogP contribution in [0.1, 0.15) is 25.3 Å². The highest BCUT2D eigenvalue weighted by molar-refractivity contribution is 5.81. The minimum absolute atomic E-state index is 0.0222. The highest BCUT2D eigenvalue weighted by atomic mass is 16.6. The summed E-state index contributed by atoms with van der Waals surface area (Å²) in [7, 11) is 0. The maximum Gasteiger partial charge on any atom is 0.410 e. The van der Waals surface area contributed by atoms with Gasteiger partial charge < -0.3 is 20.7 Å². The zero-order chi connectivity index (χ0) is 15.9. The third-order valence-electron chi connectivity index (χ3n) is 3.74. The van der Waals surface area contributed by atoms with Gasteiger partial charge in [0.25, 0.3) is 0 Å². The summed E-state index contributed by atoms with van der Waals surface area (Å²) >= 11 is 0. The lowest BCUT2D eigenvalue weighted by molar-refractivity contribution is -0.122. The molecule has 1 aliphatic heterocycles. The molecule has 1 aliphatic rings. The fraction of sp³-hybridized carbons (Fsp3) is 0.500. The average Bonchev–Trinajstić information content (AvgIpc) is 2.99. The summed E-state index contributed by atoms with van der Waals surface area (Å²) in [6.07, 6.45) is 1.44. The Kier molecular flexibility index (Phi) is 5.77. The van der Waals surface area contributed by atoms with Gasteiger partial charge >= 0.3 is 6.09 Å². The van der Waals surface area contributed by atoms with E-state index in [4.69, 9.17) is 10.5 Å². The number of ether oxygens (including phenoxy) is 1. The Morgan fingerprint density at radius 2 is 2.14 bits per heavy atom. The Morgan fingerprint density at radius 1 is 1.41 bits per heavy atom. The number of amides is 2. The molecule has 22 heavy (non-hydrogen) atoms. The summed E-state index contributed by atoms with van der Waals surface area (Å²) in [6, 6.07) is 9.00. The molecule has 1 saturated heterocycles. The van der Waals surface area contributed by atoms with Gasteiger partial charge in [-0.05, 0) is 25.3 Å². The van der Waals surface area contributed by atoms with E-state index in [9.17, 15) is 9.59 Å². The lowest BCUT2D eigenvalue weighted by atomic mass is 10.2. The van der Waals surface area contributed by atoms with Crippen molar-refractivity contribution in [2.24, 2.45) is 5.73 Å². The Labute approximate surface area is 130 Å². The summed E-state index contributed by atoms with van der Waals surface area (Å²) in [6.45, 7) is 2.97. The van der Waals surface area contributed by atoms with Crippen LogP contribution >= 0.6 is 0 Å². The molecule has 0 aliphatic carbocycles. The number of rotatable bonds is 5. The van der Waals surface area contributed by atoms with Crippen molar-refractivity contribution in [2.75, 3.05) is 13.1 Å². The van der Waals surface area contributed by atoms with Crippen molar-refractivity contribution in [1.82, 2.24) is 10.2 Å². The summed E-state index contributed by atoms with van der Waals surface area (Å²) in [4.78, 5) is 25.4. The van der Waals surface area contributed by atoms with Gasteiger partial charge in [0.2, 0.25) is 5.91 Å². The van der Waals surface area contributed by atoms with Crippen LogP contribution in [0.4, 0.5) is 4.79 Å². The quantitative estimate of drug-likeness (QED) is 0.857. The van der Waals surface area contributed by atoms with Gasteiger partial charge in [-0.15, -0.1) is 0 Å². The molecule has 2 amide bonds. The number of nitrogens with zero attached hydrogens (tertiary/aromatic N) is 1. The molecular weight excluding hydrogens is 282 g/mol. The highest BCUT2D eigenvalue weighted by Gasteiger charge is 2.30. The number of nitrogens with one attached hydrogen (secondary N) is 1. The van der Waals surface area contributed by atoms with E-state index in [1.165, 1.54) is 0 Å². The molecule has 1 fully saturated rings. The summed E-state index contributed by atoms with van der Waals surface area (Å²) < 4.78 is 5.35. The lowest BCUT2D eigenvalue weighted by Crippen LogP contribution is -2.46. The molecule has 0 aromatic heterocycles. The Hall–Kier alpha value is -2.08. The molecular formula is C16H23N3O3. The number of hydrogen-bond donors (Lipinski definition) is 2. The summed E-state index contributed by atoms with van der Waals surface area (Å²) in [5.74, 6) is -0.204. The molecule has 0 spiro atoms. The third-order valence-corrected chi connectivity index (χ3v) is 3.74. The molecule has 6 nitrogen and oxygen atoms in total. The van der Waals surface area contributed by atoms with Gasteiger partial charge in [0.1, 0.15) is 6.61 Å². The first-order chi connectivity index (χ1) is 10.6. The lowest BCUT2D eigenvalue weighted by Gasteiger charge is -2.24. The molecule has 120 valence electrons. The fourth-order valence-electron chi connectivity index (χ4n) is 2.47. The van der Waals surface area contributed by atoms with Gasteiger partial charge in [-0.25, -0.2) is 4.79 Å². The monoisotopic (exact) mass is 305 g/mol. The summed E-state index contributed by atoms with van der Waals surface area (Å²) in [5.41, 5.74) is 6.47. The number of nitrogens with two attached hydrogens (primary N) is 1. The first kappa shape index (κ1) is 16.3. The van der Waals surface area contributed by atoms with Crippen molar-refractivity contribution in [2.45, 2.75) is 38.5 Å². The molecule has 0 bridgehead atoms. The Balaban J connectivity index is 1.81. The van der Waals surface area contributed by atoms with Crippen LogP contribution in [0.3, 0.4) is 0 Å². The molecule has 1 aromatic rings. The van der Waals surface area contributed by atoms with Gasteiger partial charge in [-0.1, -0.05) is 30.3 Å². The number of carbonyl (C=O) groups is 2. The molecule has 1 heterocycles. The van der Waals surface area contributed by atoms with E-state index in [1.54, 1.807) is 11.8 Å². The van der Waals surface area contributed by atoms with Gasteiger partial charge in [-0.2, -0.15) is 0 Å². The van der Waals surface area contributed by atoms with Crippen LogP contribution in [0.15, 0.2) is 30.3 Å². The van der Waals surface area contributed by atoms with E-state index in [2.05, 4.69) is 5.32 Å². The van der Waals surface area contributed by atoms with Crippen LogP contribution in [0, 0.1) is 0 Å². The van der Waals surface area contributed by atoms with E-state index in [0.717, 1.165) is 18.4 Å². The smallest absolute Gasteiger partial charge is 0.410 e. The second kappa shape index (κ2) is 7.79. The first-order valence-corrected chi connectivity index (χ1v) is 7.58. The van der Waals surface area contributed by atoms with Crippen LogP contribution in [0.5, 0.6) is 0 Å². The largest absolute Gasteiger partial charge is 0.445 e. The molecule has 0 saturated carbocycles. The minimum Gasteiger partial charge on any atom is -0.445 e. The normalized spacial score (nSPS) is 18.8. The predicted octanol–water partition coefficient (Wildman–Crippen LogP) is 1.25.